The number of carbonyl (C=O) groups excluding carboxylic acids is 2. The molecule has 4 aromatic rings. The molecule has 0 spiro atoms. The Morgan fingerprint density at radius 3 is 2.27 bits per heavy atom. The van der Waals surface area contributed by atoms with Crippen LogP contribution in [0.15, 0.2) is 83.8 Å². The lowest BCUT2D eigenvalue weighted by Crippen LogP contribution is -2.12. The molecule has 5 rings (SSSR count). The molecule has 1 aliphatic heterocycles. The lowest BCUT2D eigenvalue weighted by Gasteiger charge is -2.13. The van der Waals surface area contributed by atoms with E-state index < -0.39 is 0 Å². The third-order valence-corrected chi connectivity index (χ3v) is 7.12. The number of hydrogen-bond acceptors (Lipinski definition) is 5. The number of amides is 1. The van der Waals surface area contributed by atoms with Crippen LogP contribution in [0.1, 0.15) is 31.2 Å². The monoisotopic (exact) mass is 428 g/mol. The van der Waals surface area contributed by atoms with Gasteiger partial charge >= 0.3 is 0 Å². The van der Waals surface area contributed by atoms with Crippen LogP contribution < -0.4 is 5.32 Å². The molecule has 0 saturated carbocycles. The summed E-state index contributed by atoms with van der Waals surface area (Å²) < 4.78 is 0. The zero-order chi connectivity index (χ0) is 20.5. The van der Waals surface area contributed by atoms with E-state index in [2.05, 4.69) is 22.4 Å². The fourth-order valence-corrected chi connectivity index (χ4v) is 5.44. The number of thiazole rings is 1. The lowest BCUT2D eigenvalue weighted by atomic mass is 10.0. The van der Waals surface area contributed by atoms with Crippen LogP contribution >= 0.6 is 23.1 Å². The minimum Gasteiger partial charge on any atom is -0.298 e. The number of carbonyl (C=O) groups is 2. The van der Waals surface area contributed by atoms with Crippen molar-refractivity contribution in [3.63, 3.8) is 0 Å². The van der Waals surface area contributed by atoms with E-state index in [1.807, 2.05) is 30.3 Å². The highest BCUT2D eigenvalue weighted by Gasteiger charge is 2.22. The van der Waals surface area contributed by atoms with Gasteiger partial charge in [-0.05, 0) is 18.2 Å². The van der Waals surface area contributed by atoms with E-state index in [9.17, 15) is 9.59 Å². The van der Waals surface area contributed by atoms with Crippen molar-refractivity contribution in [3.05, 3.63) is 100 Å². The number of nitrogens with zero attached hydrogens (tertiary/aromatic N) is 1. The molecule has 1 amide bonds. The highest BCUT2D eigenvalue weighted by atomic mass is 32.2. The van der Waals surface area contributed by atoms with E-state index in [1.54, 1.807) is 48.2 Å². The molecule has 0 aliphatic carbocycles. The van der Waals surface area contributed by atoms with E-state index in [1.165, 1.54) is 16.2 Å². The summed E-state index contributed by atoms with van der Waals surface area (Å²) in [6, 6.07) is 24.0. The van der Waals surface area contributed by atoms with Crippen LogP contribution in [0.25, 0.3) is 11.3 Å². The van der Waals surface area contributed by atoms with Crippen molar-refractivity contribution in [2.75, 3.05) is 5.32 Å². The molecule has 146 valence electrons. The van der Waals surface area contributed by atoms with Gasteiger partial charge in [0.25, 0.3) is 5.91 Å². The first-order valence-electron chi connectivity index (χ1n) is 9.42. The molecule has 3 aromatic carbocycles. The molecule has 0 fully saturated rings. The van der Waals surface area contributed by atoms with Gasteiger partial charge < -0.3 is 0 Å². The second-order valence-electron chi connectivity index (χ2n) is 6.80. The summed E-state index contributed by atoms with van der Waals surface area (Å²) in [6.45, 7) is 0. The number of fused-ring (bicyclic) bond motifs is 3. The third-order valence-electron chi connectivity index (χ3n) is 4.86. The number of benzene rings is 3. The summed E-state index contributed by atoms with van der Waals surface area (Å²) in [5.41, 5.74) is 3.73. The Bertz CT molecular complexity index is 1250. The maximum absolute atomic E-state index is 12.7. The molecule has 1 N–H and O–H groups in total. The number of anilines is 1. The van der Waals surface area contributed by atoms with Crippen LogP contribution in [0.3, 0.4) is 0 Å². The van der Waals surface area contributed by atoms with Gasteiger partial charge in [-0.3, -0.25) is 14.9 Å². The van der Waals surface area contributed by atoms with Crippen molar-refractivity contribution in [2.24, 2.45) is 0 Å². The van der Waals surface area contributed by atoms with E-state index >= 15 is 0 Å². The largest absolute Gasteiger partial charge is 0.298 e. The predicted octanol–water partition coefficient (Wildman–Crippen LogP) is 5.90. The fraction of sp³-hybridized carbons (Fsp3) is 0.0417. The topological polar surface area (TPSA) is 59.1 Å². The molecule has 2 heterocycles. The summed E-state index contributed by atoms with van der Waals surface area (Å²) in [5.74, 6) is 0.558. The molecule has 0 unspecified atom stereocenters. The first-order valence-corrected chi connectivity index (χ1v) is 11.2. The quantitative estimate of drug-likeness (QED) is 0.411. The Morgan fingerprint density at radius 1 is 0.800 bits per heavy atom. The maximum atomic E-state index is 12.7. The van der Waals surface area contributed by atoms with E-state index in [0.717, 1.165) is 21.9 Å². The number of thioether (sulfide) groups is 1. The van der Waals surface area contributed by atoms with Gasteiger partial charge in [0.15, 0.2) is 10.9 Å². The summed E-state index contributed by atoms with van der Waals surface area (Å²) in [5, 5.41) is 3.49. The van der Waals surface area contributed by atoms with Crippen LogP contribution in [-0.4, -0.2) is 16.7 Å². The van der Waals surface area contributed by atoms with Crippen LogP contribution in [-0.2, 0) is 5.75 Å². The van der Waals surface area contributed by atoms with Gasteiger partial charge in [-0.15, -0.1) is 23.1 Å². The average Bonchev–Trinajstić information content (AvgIpc) is 3.22. The SMILES string of the molecule is O=C(Nc1nc2c(s1)CSc1ccccc1-2)c1ccc(C(=O)c2ccccc2)cc1. The fourth-order valence-electron chi connectivity index (χ4n) is 3.34. The maximum Gasteiger partial charge on any atom is 0.257 e. The van der Waals surface area contributed by atoms with Gasteiger partial charge in [0.05, 0.1) is 5.69 Å². The van der Waals surface area contributed by atoms with Crippen molar-refractivity contribution >= 4 is 39.9 Å². The molecule has 6 heteroatoms. The zero-order valence-electron chi connectivity index (χ0n) is 15.8. The first-order chi connectivity index (χ1) is 14.7. The van der Waals surface area contributed by atoms with E-state index in [-0.39, 0.29) is 11.7 Å². The highest BCUT2D eigenvalue weighted by molar-refractivity contribution is 7.98. The second-order valence-corrected chi connectivity index (χ2v) is 8.90. The van der Waals surface area contributed by atoms with Gasteiger partial charge in [0.1, 0.15) is 0 Å². The van der Waals surface area contributed by atoms with Gasteiger partial charge in [-0.1, -0.05) is 60.7 Å². The van der Waals surface area contributed by atoms with Crippen molar-refractivity contribution in [2.45, 2.75) is 10.6 Å². The van der Waals surface area contributed by atoms with E-state index in [0.29, 0.717) is 21.8 Å². The van der Waals surface area contributed by atoms with E-state index in [4.69, 9.17) is 0 Å². The molecular formula is C24H16N2O2S2. The minimum atomic E-state index is -0.235. The third kappa shape index (κ3) is 3.56. The number of aromatic nitrogens is 1. The molecule has 0 radical (unpaired) electrons. The molecular weight excluding hydrogens is 412 g/mol. The van der Waals surface area contributed by atoms with Crippen LogP contribution in [0, 0.1) is 0 Å². The first kappa shape index (κ1) is 18.8. The summed E-state index contributed by atoms with van der Waals surface area (Å²) in [7, 11) is 0. The lowest BCUT2D eigenvalue weighted by molar-refractivity contribution is 0.102. The van der Waals surface area contributed by atoms with Crippen molar-refractivity contribution in [3.8, 4) is 11.3 Å². The Balaban J connectivity index is 1.33. The van der Waals surface area contributed by atoms with Crippen LogP contribution in [0.4, 0.5) is 5.13 Å². The van der Waals surface area contributed by atoms with Crippen LogP contribution in [0.2, 0.25) is 0 Å². The predicted molar refractivity (Wildman–Crippen MR) is 121 cm³/mol. The molecule has 0 saturated heterocycles. The molecule has 0 atom stereocenters. The zero-order valence-corrected chi connectivity index (χ0v) is 17.4. The standard InChI is InChI=1S/C24H16N2O2S2/c27-22(15-6-2-1-3-7-15)16-10-12-17(13-11-16)23(28)26-24-25-21-18-8-4-5-9-19(18)29-14-20(21)30-24/h1-13H,14H2,(H,25,26,28). The second kappa shape index (κ2) is 7.89. The number of ketones is 1. The normalized spacial score (nSPS) is 12.0. The van der Waals surface area contributed by atoms with Crippen molar-refractivity contribution in [1.29, 1.82) is 0 Å². The number of nitrogens with one attached hydrogen (secondary N) is 1. The molecule has 0 bridgehead atoms. The van der Waals surface area contributed by atoms with Gasteiger partial charge in [0, 0.05) is 37.8 Å². The van der Waals surface area contributed by atoms with Crippen molar-refractivity contribution < 1.29 is 9.59 Å². The summed E-state index contributed by atoms with van der Waals surface area (Å²) >= 11 is 3.30. The number of rotatable bonds is 4. The van der Waals surface area contributed by atoms with Gasteiger partial charge in [0.2, 0.25) is 0 Å². The average molecular weight is 429 g/mol. The van der Waals surface area contributed by atoms with Gasteiger partial charge in [-0.25, -0.2) is 4.98 Å². The summed E-state index contributed by atoms with van der Waals surface area (Å²) in [4.78, 5) is 32.3. The molecule has 1 aliphatic rings. The Kier molecular flexibility index (Phi) is 4.94. The smallest absolute Gasteiger partial charge is 0.257 e. The van der Waals surface area contributed by atoms with Gasteiger partial charge in [-0.2, -0.15) is 0 Å². The molecule has 4 nitrogen and oxygen atoms in total. The number of hydrogen-bond donors (Lipinski definition) is 1. The Hall–Kier alpha value is -3.22. The van der Waals surface area contributed by atoms with Crippen LogP contribution in [0.5, 0.6) is 0 Å². The van der Waals surface area contributed by atoms with Crippen molar-refractivity contribution in [1.82, 2.24) is 4.98 Å². The highest BCUT2D eigenvalue weighted by Crippen LogP contribution is 2.44. The summed E-state index contributed by atoms with van der Waals surface area (Å²) in [6.07, 6.45) is 0. The molecule has 1 aromatic heterocycles. The Labute approximate surface area is 182 Å². The minimum absolute atomic E-state index is 0.0636. The Morgan fingerprint density at radius 2 is 1.47 bits per heavy atom. The molecule has 30 heavy (non-hydrogen) atoms.